The fourth-order valence-corrected chi connectivity index (χ4v) is 1.91. The van der Waals surface area contributed by atoms with Crippen molar-refractivity contribution in [3.8, 4) is 6.07 Å². The normalized spacial score (nSPS) is 19.2. The van der Waals surface area contributed by atoms with Gasteiger partial charge >= 0.3 is 6.18 Å². The molecule has 21 heavy (non-hydrogen) atoms. The first-order valence-corrected chi connectivity index (χ1v) is 6.40. The first kappa shape index (κ1) is 15.3. The molecule has 1 N–H and O–H groups in total. The summed E-state index contributed by atoms with van der Waals surface area (Å²) in [5.74, 6) is 0.0548. The summed E-state index contributed by atoms with van der Waals surface area (Å²) < 4.78 is 43.8. The van der Waals surface area contributed by atoms with Gasteiger partial charge in [-0.25, -0.2) is 4.98 Å². The maximum absolute atomic E-state index is 12.9. The lowest BCUT2D eigenvalue weighted by Gasteiger charge is -2.31. The Labute approximate surface area is 119 Å². The number of anilines is 2. The summed E-state index contributed by atoms with van der Waals surface area (Å²) in [7, 11) is 0. The largest absolute Gasteiger partial charge is 0.433 e. The lowest BCUT2D eigenvalue weighted by atomic mass is 10.2. The van der Waals surface area contributed by atoms with Gasteiger partial charge in [-0.3, -0.25) is 0 Å². The van der Waals surface area contributed by atoms with E-state index >= 15 is 0 Å². The second-order valence-corrected chi connectivity index (χ2v) is 4.40. The summed E-state index contributed by atoms with van der Waals surface area (Å²) in [6.45, 7) is 2.96. The van der Waals surface area contributed by atoms with Crippen molar-refractivity contribution in [2.24, 2.45) is 0 Å². The first-order valence-electron chi connectivity index (χ1n) is 6.40. The molecule has 0 saturated carbocycles. The zero-order valence-corrected chi connectivity index (χ0v) is 11.3. The van der Waals surface area contributed by atoms with E-state index in [-0.39, 0.29) is 24.9 Å². The number of nitrogens with one attached hydrogen (secondary N) is 1. The van der Waals surface area contributed by atoms with E-state index < -0.39 is 18.0 Å². The van der Waals surface area contributed by atoms with Crippen molar-refractivity contribution in [3.63, 3.8) is 0 Å². The molecule has 2 rings (SSSR count). The number of nitrogens with zero attached hydrogens (tertiary/aromatic N) is 4. The molecular weight excluding hydrogens is 287 g/mol. The Morgan fingerprint density at radius 3 is 2.90 bits per heavy atom. The Kier molecular flexibility index (Phi) is 4.47. The van der Waals surface area contributed by atoms with Crippen LogP contribution in [0.1, 0.15) is 12.6 Å². The van der Waals surface area contributed by atoms with Gasteiger partial charge in [-0.1, -0.05) is 0 Å². The number of ether oxygens (including phenoxy) is 1. The highest BCUT2D eigenvalue weighted by atomic mass is 19.4. The van der Waals surface area contributed by atoms with Crippen LogP contribution in [-0.4, -0.2) is 42.3 Å². The third kappa shape index (κ3) is 3.72. The second kappa shape index (κ2) is 6.13. The van der Waals surface area contributed by atoms with Crippen molar-refractivity contribution < 1.29 is 17.9 Å². The molecule has 0 spiro atoms. The molecule has 0 amide bonds. The Hall–Kier alpha value is -2.08. The zero-order valence-electron chi connectivity index (χ0n) is 11.3. The van der Waals surface area contributed by atoms with E-state index in [4.69, 9.17) is 10.00 Å². The topological polar surface area (TPSA) is 74.1 Å². The van der Waals surface area contributed by atoms with E-state index in [2.05, 4.69) is 15.3 Å². The first-order chi connectivity index (χ1) is 9.94. The zero-order chi connectivity index (χ0) is 15.5. The number of alkyl halides is 3. The number of aromatic nitrogens is 2. The van der Waals surface area contributed by atoms with Crippen molar-refractivity contribution in [2.75, 3.05) is 36.5 Å². The van der Waals surface area contributed by atoms with Gasteiger partial charge in [0.15, 0.2) is 11.8 Å². The smallest absolute Gasteiger partial charge is 0.360 e. The van der Waals surface area contributed by atoms with Crippen LogP contribution in [0.25, 0.3) is 0 Å². The van der Waals surface area contributed by atoms with Crippen LogP contribution < -0.4 is 10.2 Å². The summed E-state index contributed by atoms with van der Waals surface area (Å²) in [6, 6.07) is 2.83. The van der Waals surface area contributed by atoms with Gasteiger partial charge in [-0.05, 0) is 6.92 Å². The Balaban J connectivity index is 2.33. The van der Waals surface area contributed by atoms with Gasteiger partial charge < -0.3 is 15.0 Å². The fourth-order valence-electron chi connectivity index (χ4n) is 1.91. The highest BCUT2D eigenvalue weighted by molar-refractivity contribution is 5.46. The average molecular weight is 301 g/mol. The summed E-state index contributed by atoms with van der Waals surface area (Å²) in [5, 5.41) is 11.5. The molecule has 1 unspecified atom stereocenters. The van der Waals surface area contributed by atoms with Crippen LogP contribution in [-0.2, 0) is 10.9 Å². The molecule has 6 nitrogen and oxygen atoms in total. The minimum Gasteiger partial charge on any atom is -0.360 e. The number of nitriles is 1. The molecule has 1 saturated heterocycles. The van der Waals surface area contributed by atoms with Gasteiger partial charge in [0.2, 0.25) is 5.95 Å². The Morgan fingerprint density at radius 2 is 2.29 bits per heavy atom. The van der Waals surface area contributed by atoms with Gasteiger partial charge in [0.05, 0.1) is 19.2 Å². The molecule has 2 heterocycles. The molecule has 0 radical (unpaired) electrons. The molecule has 9 heteroatoms. The summed E-state index contributed by atoms with van der Waals surface area (Å²) in [5.41, 5.74) is -1.01. The summed E-state index contributed by atoms with van der Waals surface area (Å²) >= 11 is 0. The van der Waals surface area contributed by atoms with Gasteiger partial charge in [-0.15, -0.1) is 0 Å². The van der Waals surface area contributed by atoms with E-state index in [0.29, 0.717) is 13.1 Å². The molecule has 0 bridgehead atoms. The number of halogens is 3. The van der Waals surface area contributed by atoms with E-state index in [0.717, 1.165) is 6.07 Å². The Bertz CT molecular complexity index is 543. The summed E-state index contributed by atoms with van der Waals surface area (Å²) in [4.78, 5) is 9.12. The fraction of sp³-hybridized carbons (Fsp3) is 0.583. The minimum absolute atomic E-state index is 0.0812. The standard InChI is InChI=1S/C12H14F3N5O/c1-2-17-11-18-9(12(13,14)15)5-10(19-11)20-3-4-21-8(6-16)7-20/h5,8H,2-4,7H2,1H3,(H,17,18,19). The maximum atomic E-state index is 12.9. The lowest BCUT2D eigenvalue weighted by Crippen LogP contribution is -2.42. The molecule has 114 valence electrons. The van der Waals surface area contributed by atoms with Crippen LogP contribution in [0.2, 0.25) is 0 Å². The van der Waals surface area contributed by atoms with E-state index in [1.54, 1.807) is 11.8 Å². The summed E-state index contributed by atoms with van der Waals surface area (Å²) in [6.07, 6.45) is -5.23. The maximum Gasteiger partial charge on any atom is 0.433 e. The van der Waals surface area contributed by atoms with Gasteiger partial charge in [0.25, 0.3) is 0 Å². The SMILES string of the molecule is CCNc1nc(N2CCOC(C#N)C2)cc(C(F)(F)F)n1. The molecule has 1 aromatic rings. The third-order valence-electron chi connectivity index (χ3n) is 2.87. The van der Waals surface area contributed by atoms with Crippen LogP contribution in [0.5, 0.6) is 0 Å². The molecule has 1 atom stereocenters. The lowest BCUT2D eigenvalue weighted by molar-refractivity contribution is -0.141. The van der Waals surface area contributed by atoms with Crippen molar-refractivity contribution in [1.29, 1.82) is 5.26 Å². The van der Waals surface area contributed by atoms with Crippen LogP contribution in [0.4, 0.5) is 24.9 Å². The number of rotatable bonds is 3. The minimum atomic E-state index is -4.55. The molecular formula is C12H14F3N5O. The van der Waals surface area contributed by atoms with Gasteiger partial charge in [0, 0.05) is 19.2 Å². The predicted molar refractivity (Wildman–Crippen MR) is 68.8 cm³/mol. The highest BCUT2D eigenvalue weighted by Crippen LogP contribution is 2.31. The molecule has 1 aliphatic heterocycles. The molecule has 0 aromatic carbocycles. The number of morpholine rings is 1. The van der Waals surface area contributed by atoms with Crippen molar-refractivity contribution in [3.05, 3.63) is 11.8 Å². The Morgan fingerprint density at radius 1 is 1.52 bits per heavy atom. The third-order valence-corrected chi connectivity index (χ3v) is 2.87. The van der Waals surface area contributed by atoms with Crippen molar-refractivity contribution in [2.45, 2.75) is 19.2 Å². The van der Waals surface area contributed by atoms with E-state index in [1.165, 1.54) is 0 Å². The van der Waals surface area contributed by atoms with Gasteiger partial charge in [-0.2, -0.15) is 23.4 Å². The molecule has 0 aliphatic carbocycles. The van der Waals surface area contributed by atoms with Crippen molar-refractivity contribution >= 4 is 11.8 Å². The molecule has 1 aliphatic rings. The van der Waals surface area contributed by atoms with Gasteiger partial charge in [0.1, 0.15) is 5.82 Å². The van der Waals surface area contributed by atoms with Crippen LogP contribution >= 0.6 is 0 Å². The number of hydrogen-bond acceptors (Lipinski definition) is 6. The van der Waals surface area contributed by atoms with E-state index in [9.17, 15) is 13.2 Å². The molecule has 1 aromatic heterocycles. The average Bonchev–Trinajstić information content (AvgIpc) is 2.46. The number of hydrogen-bond donors (Lipinski definition) is 1. The monoisotopic (exact) mass is 301 g/mol. The van der Waals surface area contributed by atoms with Crippen LogP contribution in [0.15, 0.2) is 6.07 Å². The van der Waals surface area contributed by atoms with Crippen molar-refractivity contribution in [1.82, 2.24) is 9.97 Å². The quantitative estimate of drug-likeness (QED) is 0.915. The highest BCUT2D eigenvalue weighted by Gasteiger charge is 2.34. The van der Waals surface area contributed by atoms with Crippen LogP contribution in [0.3, 0.4) is 0 Å². The molecule has 1 fully saturated rings. The van der Waals surface area contributed by atoms with E-state index in [1.807, 2.05) is 6.07 Å². The van der Waals surface area contributed by atoms with Crippen LogP contribution in [0, 0.1) is 11.3 Å². The second-order valence-electron chi connectivity index (χ2n) is 4.40. The predicted octanol–water partition coefficient (Wildman–Crippen LogP) is 1.66.